The van der Waals surface area contributed by atoms with Gasteiger partial charge in [-0.2, -0.15) is 0 Å². The summed E-state index contributed by atoms with van der Waals surface area (Å²) in [5.41, 5.74) is 1.79. The normalized spacial score (nSPS) is 11.4. The average Bonchev–Trinajstić information content (AvgIpc) is 2.96. The Bertz CT molecular complexity index is 1680. The number of rotatable bonds is 10. The first-order valence-electron chi connectivity index (χ1n) is 12.5. The molecule has 2 N–H and O–H groups in total. The number of nitrogens with one attached hydrogen (secondary N) is 1. The van der Waals surface area contributed by atoms with Gasteiger partial charge in [0.2, 0.25) is 5.91 Å². The van der Waals surface area contributed by atoms with Gasteiger partial charge in [-0.15, -0.1) is 0 Å². The molecule has 1 unspecified atom stereocenters. The molecule has 0 aliphatic carbocycles. The third kappa shape index (κ3) is 6.64. The molecule has 0 spiro atoms. The maximum absolute atomic E-state index is 13.7. The molecule has 0 bridgehead atoms. The van der Waals surface area contributed by atoms with Gasteiger partial charge in [-0.1, -0.05) is 23.7 Å². The second kappa shape index (κ2) is 12.5. The molecule has 0 radical (unpaired) electrons. The van der Waals surface area contributed by atoms with Crippen molar-refractivity contribution in [3.63, 3.8) is 0 Å². The number of Topliss-reactive ketones (excluding diaryl/α,β-unsaturated/α-hetero) is 1. The molecule has 0 aliphatic rings. The van der Waals surface area contributed by atoms with Gasteiger partial charge in [-0.3, -0.25) is 19.0 Å². The van der Waals surface area contributed by atoms with Gasteiger partial charge < -0.3 is 19.9 Å². The number of carboxylic acids is 1. The summed E-state index contributed by atoms with van der Waals surface area (Å²) in [5.74, 6) is -0.982. The van der Waals surface area contributed by atoms with Crippen molar-refractivity contribution in [3.05, 3.63) is 111 Å². The summed E-state index contributed by atoms with van der Waals surface area (Å²) in [6.45, 7) is 1.41. The summed E-state index contributed by atoms with van der Waals surface area (Å²) in [7, 11) is 2.95. The van der Waals surface area contributed by atoms with Crippen molar-refractivity contribution in [2.45, 2.75) is 19.4 Å². The number of anilines is 1. The summed E-state index contributed by atoms with van der Waals surface area (Å²) in [6.07, 6.45) is 1.55. The number of benzene rings is 3. The van der Waals surface area contributed by atoms with E-state index in [1.54, 1.807) is 36.4 Å². The fraction of sp³-hybridized carbons (Fsp3) is 0.161. The van der Waals surface area contributed by atoms with Crippen LogP contribution in [-0.2, 0) is 11.2 Å². The zero-order valence-electron chi connectivity index (χ0n) is 22.5. The van der Waals surface area contributed by atoms with E-state index >= 15 is 0 Å². The number of hydrogen-bond donors (Lipinski definition) is 2. The van der Waals surface area contributed by atoms with E-state index in [1.165, 1.54) is 62.2 Å². The Morgan fingerprint density at radius 3 is 2.32 bits per heavy atom. The van der Waals surface area contributed by atoms with Crippen molar-refractivity contribution in [1.82, 2.24) is 4.57 Å². The molecule has 1 heterocycles. The minimum Gasteiger partial charge on any atom is -0.497 e. The molecule has 41 heavy (non-hydrogen) atoms. The van der Waals surface area contributed by atoms with Gasteiger partial charge in [-0.05, 0) is 72.6 Å². The predicted molar refractivity (Wildman–Crippen MR) is 155 cm³/mol. The lowest BCUT2D eigenvalue weighted by Gasteiger charge is -2.22. The third-order valence-corrected chi connectivity index (χ3v) is 6.75. The first kappa shape index (κ1) is 29.1. The molecule has 9 nitrogen and oxygen atoms in total. The molecule has 0 fully saturated rings. The first-order valence-corrected chi connectivity index (χ1v) is 12.9. The van der Waals surface area contributed by atoms with Gasteiger partial charge in [0.25, 0.3) is 5.56 Å². The number of aromatic nitrogens is 1. The number of nitrogens with zero attached hydrogens (tertiary/aromatic N) is 1. The van der Waals surface area contributed by atoms with E-state index in [9.17, 15) is 24.3 Å². The summed E-state index contributed by atoms with van der Waals surface area (Å²) >= 11 is 6.22. The van der Waals surface area contributed by atoms with Crippen molar-refractivity contribution in [2.75, 3.05) is 19.5 Å². The van der Waals surface area contributed by atoms with Gasteiger partial charge >= 0.3 is 5.97 Å². The monoisotopic (exact) mass is 574 g/mol. The summed E-state index contributed by atoms with van der Waals surface area (Å²) < 4.78 is 12.2. The number of carbonyl (C=O) groups excluding carboxylic acids is 2. The van der Waals surface area contributed by atoms with E-state index in [1.807, 2.05) is 6.07 Å². The van der Waals surface area contributed by atoms with Crippen LogP contribution in [0.5, 0.6) is 11.5 Å². The number of ketones is 1. The summed E-state index contributed by atoms with van der Waals surface area (Å²) in [6, 6.07) is 17.8. The Morgan fingerprint density at radius 2 is 1.68 bits per heavy atom. The number of carbonyl (C=O) groups is 3. The fourth-order valence-corrected chi connectivity index (χ4v) is 4.63. The summed E-state index contributed by atoms with van der Waals surface area (Å²) in [4.78, 5) is 50.8. The topological polar surface area (TPSA) is 124 Å². The average molecular weight is 575 g/mol. The van der Waals surface area contributed by atoms with Crippen molar-refractivity contribution in [1.29, 1.82) is 0 Å². The standard InChI is InChI=1S/C31H27ClN2O7/c1-18(35)24-12-9-21(32)15-25(24)26-16-29(36)34(17-28(26)41-3)27(14-19-5-4-6-23(13-19)40-2)30(37)33-22-10-7-20(8-11-22)31(38)39/h4-13,15-17,27H,14H2,1-3H3,(H,33,37)(H,38,39). The zero-order chi connectivity index (χ0) is 29.7. The Kier molecular flexibility index (Phi) is 8.89. The highest BCUT2D eigenvalue weighted by molar-refractivity contribution is 6.31. The molecular weight excluding hydrogens is 548 g/mol. The molecule has 0 saturated carbocycles. The van der Waals surface area contributed by atoms with Crippen molar-refractivity contribution in [3.8, 4) is 22.6 Å². The molecule has 10 heteroatoms. The minimum absolute atomic E-state index is 0.0680. The lowest BCUT2D eigenvalue weighted by atomic mass is 9.97. The highest BCUT2D eigenvalue weighted by atomic mass is 35.5. The number of methoxy groups -OCH3 is 2. The molecule has 1 amide bonds. The highest BCUT2D eigenvalue weighted by Gasteiger charge is 2.25. The molecule has 4 rings (SSSR count). The number of halogens is 1. The van der Waals surface area contributed by atoms with Gasteiger partial charge in [0, 0.05) is 34.3 Å². The van der Waals surface area contributed by atoms with Crippen LogP contribution in [0.25, 0.3) is 11.1 Å². The van der Waals surface area contributed by atoms with Crippen molar-refractivity contribution < 1.29 is 29.0 Å². The predicted octanol–water partition coefficient (Wildman–Crippen LogP) is 5.51. The SMILES string of the molecule is COc1cccc(CC(C(=O)Nc2ccc(C(=O)O)cc2)n2cc(OC)c(-c3cc(Cl)ccc3C(C)=O)cc2=O)c1. The van der Waals surface area contributed by atoms with Gasteiger partial charge in [0.1, 0.15) is 17.5 Å². The number of carboxylic acid groups (broad SMARTS) is 1. The Hall–Kier alpha value is -4.89. The van der Waals surface area contributed by atoms with Crippen LogP contribution in [0.4, 0.5) is 5.69 Å². The maximum atomic E-state index is 13.7. The Morgan fingerprint density at radius 1 is 0.951 bits per heavy atom. The largest absolute Gasteiger partial charge is 0.497 e. The smallest absolute Gasteiger partial charge is 0.335 e. The van der Waals surface area contributed by atoms with Crippen LogP contribution in [-0.4, -0.2) is 41.6 Å². The Labute approximate surface area is 240 Å². The van der Waals surface area contributed by atoms with E-state index in [0.29, 0.717) is 33.1 Å². The van der Waals surface area contributed by atoms with Crippen LogP contribution in [0.2, 0.25) is 5.02 Å². The number of pyridine rings is 1. The van der Waals surface area contributed by atoms with Gasteiger partial charge in [0.05, 0.1) is 26.0 Å². The number of amides is 1. The van der Waals surface area contributed by atoms with E-state index in [2.05, 4.69) is 5.32 Å². The van der Waals surface area contributed by atoms with Crippen molar-refractivity contribution in [2.24, 2.45) is 0 Å². The second-order valence-corrected chi connectivity index (χ2v) is 9.63. The molecule has 3 aromatic carbocycles. The highest BCUT2D eigenvalue weighted by Crippen LogP contribution is 2.34. The zero-order valence-corrected chi connectivity index (χ0v) is 23.3. The number of aromatic carboxylic acids is 1. The van der Waals surface area contributed by atoms with Gasteiger partial charge in [-0.25, -0.2) is 4.79 Å². The van der Waals surface area contributed by atoms with E-state index < -0.39 is 23.5 Å². The molecule has 210 valence electrons. The minimum atomic E-state index is -1.09. The lowest BCUT2D eigenvalue weighted by Crippen LogP contribution is -2.34. The fourth-order valence-electron chi connectivity index (χ4n) is 4.45. The molecule has 0 aliphatic heterocycles. The molecule has 1 atom stereocenters. The number of hydrogen-bond acceptors (Lipinski definition) is 6. The van der Waals surface area contributed by atoms with Crippen LogP contribution in [0.1, 0.15) is 39.2 Å². The van der Waals surface area contributed by atoms with E-state index in [-0.39, 0.29) is 23.5 Å². The molecular formula is C31H27ClN2O7. The van der Waals surface area contributed by atoms with Crippen LogP contribution in [0.3, 0.4) is 0 Å². The maximum Gasteiger partial charge on any atom is 0.335 e. The van der Waals surface area contributed by atoms with Crippen LogP contribution in [0, 0.1) is 0 Å². The lowest BCUT2D eigenvalue weighted by molar-refractivity contribution is -0.119. The second-order valence-electron chi connectivity index (χ2n) is 9.19. The van der Waals surface area contributed by atoms with Crippen LogP contribution < -0.4 is 20.3 Å². The molecule has 1 aromatic heterocycles. The quantitative estimate of drug-likeness (QED) is 0.239. The van der Waals surface area contributed by atoms with E-state index in [4.69, 9.17) is 21.1 Å². The van der Waals surface area contributed by atoms with Crippen LogP contribution in [0.15, 0.2) is 83.8 Å². The number of ether oxygens (including phenoxy) is 2. The third-order valence-electron chi connectivity index (χ3n) is 6.52. The van der Waals surface area contributed by atoms with Crippen molar-refractivity contribution >= 4 is 34.9 Å². The molecule has 0 saturated heterocycles. The van der Waals surface area contributed by atoms with E-state index in [0.717, 1.165) is 5.56 Å². The van der Waals surface area contributed by atoms with Gasteiger partial charge in [0.15, 0.2) is 5.78 Å². The molecule has 4 aromatic rings. The summed E-state index contributed by atoms with van der Waals surface area (Å²) in [5, 5.41) is 12.3. The Balaban J connectivity index is 1.81. The van der Waals surface area contributed by atoms with Crippen LogP contribution >= 0.6 is 11.6 Å². The first-order chi connectivity index (χ1) is 19.6.